The molecular weight excluding hydrogens is 384 g/mol. The van der Waals surface area contributed by atoms with Crippen molar-refractivity contribution in [2.75, 3.05) is 13.2 Å². The average Bonchev–Trinajstić information content (AvgIpc) is 2.68. The first kappa shape index (κ1) is 27.1. The average molecular weight is 439 g/mol. The first-order chi connectivity index (χ1) is 14.6. The molecule has 0 aromatic rings. The van der Waals surface area contributed by atoms with E-state index in [1.807, 2.05) is 0 Å². The topological polar surface area (TPSA) is 42.5 Å². The Labute approximate surface area is 194 Å². The molecule has 4 atom stereocenters. The summed E-state index contributed by atoms with van der Waals surface area (Å²) in [5, 5.41) is 7.64. The fraction of sp³-hybridized carbons (Fsp3) is 1.00. The Balaban J connectivity index is 1.56. The molecule has 4 nitrogen and oxygen atoms in total. The SMILES string of the molecule is CC(C)C1CC(OCCCCCCOC2CC(C(C)C)NC(C)(C)C2)CC(C(C)C)N1. The monoisotopic (exact) mass is 438 g/mol. The molecule has 2 aliphatic rings. The molecule has 0 saturated carbocycles. The van der Waals surface area contributed by atoms with Crippen molar-refractivity contribution in [3.63, 3.8) is 0 Å². The lowest BCUT2D eigenvalue weighted by atomic mass is 9.83. The van der Waals surface area contributed by atoms with Gasteiger partial charge in [-0.25, -0.2) is 0 Å². The first-order valence-electron chi connectivity index (χ1n) is 13.3. The van der Waals surface area contributed by atoms with Crippen LogP contribution in [0.2, 0.25) is 0 Å². The number of hydrogen-bond donors (Lipinski definition) is 2. The number of hydrogen-bond acceptors (Lipinski definition) is 4. The van der Waals surface area contributed by atoms with E-state index in [0.717, 1.165) is 26.1 Å². The van der Waals surface area contributed by atoms with E-state index in [4.69, 9.17) is 9.47 Å². The van der Waals surface area contributed by atoms with Gasteiger partial charge in [-0.15, -0.1) is 0 Å². The standard InChI is InChI=1S/C27H54N2O2/c1-19(2)24-15-22(16-25(28-24)20(3)4)30-13-11-9-10-12-14-31-23-17-26(21(5)6)29-27(7,8)18-23/h19-26,28-29H,9-18H2,1-8H3. The van der Waals surface area contributed by atoms with Gasteiger partial charge < -0.3 is 20.1 Å². The molecule has 0 spiro atoms. The van der Waals surface area contributed by atoms with E-state index in [1.54, 1.807) is 0 Å². The molecule has 0 aliphatic carbocycles. The molecule has 2 N–H and O–H groups in total. The summed E-state index contributed by atoms with van der Waals surface area (Å²) in [5.74, 6) is 2.01. The number of unbranched alkanes of at least 4 members (excludes halogenated alkanes) is 3. The lowest BCUT2D eigenvalue weighted by Crippen LogP contribution is -2.56. The second-order valence-corrected chi connectivity index (χ2v) is 12.1. The van der Waals surface area contributed by atoms with Gasteiger partial charge in [0.25, 0.3) is 0 Å². The number of piperidine rings is 2. The zero-order valence-corrected chi connectivity index (χ0v) is 22.0. The Kier molecular flexibility index (Phi) is 11.3. The highest BCUT2D eigenvalue weighted by molar-refractivity contribution is 4.93. The van der Waals surface area contributed by atoms with Crippen molar-refractivity contribution in [2.45, 2.75) is 143 Å². The van der Waals surface area contributed by atoms with Gasteiger partial charge in [0, 0.05) is 36.9 Å². The molecule has 2 saturated heterocycles. The minimum absolute atomic E-state index is 0.187. The molecular formula is C27H54N2O2. The summed E-state index contributed by atoms with van der Waals surface area (Å²) >= 11 is 0. The van der Waals surface area contributed by atoms with E-state index in [1.165, 1.54) is 38.5 Å². The molecule has 0 bridgehead atoms. The van der Waals surface area contributed by atoms with E-state index >= 15 is 0 Å². The maximum atomic E-state index is 6.32. The molecule has 2 heterocycles. The van der Waals surface area contributed by atoms with Crippen LogP contribution < -0.4 is 10.6 Å². The van der Waals surface area contributed by atoms with Crippen LogP contribution in [0.5, 0.6) is 0 Å². The maximum Gasteiger partial charge on any atom is 0.0607 e. The van der Waals surface area contributed by atoms with E-state index in [2.05, 4.69) is 66.0 Å². The number of nitrogens with one attached hydrogen (secondary N) is 2. The number of ether oxygens (including phenoxy) is 2. The van der Waals surface area contributed by atoms with Gasteiger partial charge in [-0.3, -0.25) is 0 Å². The molecule has 31 heavy (non-hydrogen) atoms. The van der Waals surface area contributed by atoms with Crippen LogP contribution in [-0.2, 0) is 9.47 Å². The van der Waals surface area contributed by atoms with Crippen molar-refractivity contribution in [3.05, 3.63) is 0 Å². The Morgan fingerprint density at radius 3 is 1.61 bits per heavy atom. The summed E-state index contributed by atoms with van der Waals surface area (Å²) in [5.41, 5.74) is 0.187. The molecule has 0 aromatic heterocycles. The van der Waals surface area contributed by atoms with Crippen molar-refractivity contribution < 1.29 is 9.47 Å². The number of rotatable bonds is 12. The van der Waals surface area contributed by atoms with Crippen molar-refractivity contribution in [3.8, 4) is 0 Å². The summed E-state index contributed by atoms with van der Waals surface area (Å²) in [4.78, 5) is 0. The van der Waals surface area contributed by atoms with Crippen LogP contribution in [-0.4, -0.2) is 49.1 Å². The third-order valence-electron chi connectivity index (χ3n) is 7.45. The van der Waals surface area contributed by atoms with E-state index < -0.39 is 0 Å². The quantitative estimate of drug-likeness (QED) is 0.370. The van der Waals surface area contributed by atoms with Crippen LogP contribution in [0.1, 0.15) is 107 Å². The Morgan fingerprint density at radius 1 is 0.677 bits per heavy atom. The van der Waals surface area contributed by atoms with Crippen LogP contribution in [0.4, 0.5) is 0 Å². The third kappa shape index (κ3) is 9.70. The second kappa shape index (κ2) is 12.9. The highest BCUT2D eigenvalue weighted by atomic mass is 16.5. The van der Waals surface area contributed by atoms with Crippen LogP contribution >= 0.6 is 0 Å². The normalized spacial score (nSPS) is 31.6. The predicted molar refractivity (Wildman–Crippen MR) is 133 cm³/mol. The van der Waals surface area contributed by atoms with Crippen LogP contribution in [0.15, 0.2) is 0 Å². The van der Waals surface area contributed by atoms with Crippen molar-refractivity contribution in [1.29, 1.82) is 0 Å². The van der Waals surface area contributed by atoms with Gasteiger partial charge in [-0.2, -0.15) is 0 Å². The fourth-order valence-electron chi connectivity index (χ4n) is 5.32. The minimum Gasteiger partial charge on any atom is -0.378 e. The maximum absolute atomic E-state index is 6.32. The van der Waals surface area contributed by atoms with Gasteiger partial charge in [-0.05, 0) is 70.1 Å². The van der Waals surface area contributed by atoms with Crippen molar-refractivity contribution in [1.82, 2.24) is 10.6 Å². The van der Waals surface area contributed by atoms with E-state index in [-0.39, 0.29) is 5.54 Å². The summed E-state index contributed by atoms with van der Waals surface area (Å²) in [6.45, 7) is 20.4. The van der Waals surface area contributed by atoms with E-state index in [0.29, 0.717) is 48.1 Å². The molecule has 0 radical (unpaired) electrons. The minimum atomic E-state index is 0.187. The van der Waals surface area contributed by atoms with Gasteiger partial charge in [0.2, 0.25) is 0 Å². The third-order valence-corrected chi connectivity index (χ3v) is 7.45. The highest BCUT2D eigenvalue weighted by Gasteiger charge is 2.35. The van der Waals surface area contributed by atoms with Gasteiger partial charge in [0.05, 0.1) is 12.2 Å². The molecule has 2 aliphatic heterocycles. The Hall–Kier alpha value is -0.160. The zero-order chi connectivity index (χ0) is 23.0. The zero-order valence-electron chi connectivity index (χ0n) is 22.0. The van der Waals surface area contributed by atoms with Gasteiger partial charge in [0.15, 0.2) is 0 Å². The Bertz CT molecular complexity index is 476. The smallest absolute Gasteiger partial charge is 0.0607 e. The van der Waals surface area contributed by atoms with Crippen LogP contribution in [0.3, 0.4) is 0 Å². The lowest BCUT2D eigenvalue weighted by Gasteiger charge is -2.43. The van der Waals surface area contributed by atoms with Gasteiger partial charge >= 0.3 is 0 Å². The molecule has 2 fully saturated rings. The largest absolute Gasteiger partial charge is 0.378 e. The molecule has 4 heteroatoms. The first-order valence-corrected chi connectivity index (χ1v) is 13.3. The van der Waals surface area contributed by atoms with Crippen LogP contribution in [0.25, 0.3) is 0 Å². The van der Waals surface area contributed by atoms with Crippen molar-refractivity contribution >= 4 is 0 Å². The van der Waals surface area contributed by atoms with Crippen LogP contribution in [0, 0.1) is 17.8 Å². The van der Waals surface area contributed by atoms with E-state index in [9.17, 15) is 0 Å². The predicted octanol–water partition coefficient (Wildman–Crippen LogP) is 5.94. The summed E-state index contributed by atoms with van der Waals surface area (Å²) in [7, 11) is 0. The summed E-state index contributed by atoms with van der Waals surface area (Å²) in [6, 6.07) is 1.77. The highest BCUT2D eigenvalue weighted by Crippen LogP contribution is 2.28. The molecule has 2 rings (SSSR count). The summed E-state index contributed by atoms with van der Waals surface area (Å²) in [6.07, 6.45) is 10.3. The second-order valence-electron chi connectivity index (χ2n) is 12.1. The fourth-order valence-corrected chi connectivity index (χ4v) is 5.32. The van der Waals surface area contributed by atoms with Gasteiger partial charge in [0.1, 0.15) is 0 Å². The van der Waals surface area contributed by atoms with Gasteiger partial charge in [-0.1, -0.05) is 54.4 Å². The molecule has 184 valence electrons. The summed E-state index contributed by atoms with van der Waals surface area (Å²) < 4.78 is 12.6. The lowest BCUT2D eigenvalue weighted by molar-refractivity contribution is -0.0142. The van der Waals surface area contributed by atoms with Crippen molar-refractivity contribution in [2.24, 2.45) is 17.8 Å². The molecule has 4 unspecified atom stereocenters. The molecule has 0 aromatic carbocycles. The Morgan fingerprint density at radius 2 is 1.13 bits per heavy atom. The molecule has 0 amide bonds.